The number of fused-ring (bicyclic) bond motifs is 1. The number of aryl methyl sites for hydroxylation is 1. The third-order valence-corrected chi connectivity index (χ3v) is 3.95. The number of benzene rings is 1. The van der Waals surface area contributed by atoms with Crippen molar-refractivity contribution in [3.63, 3.8) is 0 Å². The molecular formula is C18H20N4O3. The Kier molecular flexibility index (Phi) is 4.83. The van der Waals surface area contributed by atoms with Gasteiger partial charge in [-0.2, -0.15) is 4.98 Å². The van der Waals surface area contributed by atoms with Crippen molar-refractivity contribution in [1.29, 1.82) is 0 Å². The van der Waals surface area contributed by atoms with Crippen LogP contribution in [0.3, 0.4) is 0 Å². The first-order chi connectivity index (χ1) is 12.1. The number of carbonyl (C=O) groups excluding carboxylic acids is 1. The second-order valence-electron chi connectivity index (χ2n) is 5.47. The second kappa shape index (κ2) is 7.21. The lowest BCUT2D eigenvalue weighted by Gasteiger charge is -2.11. The Morgan fingerprint density at radius 3 is 2.72 bits per heavy atom. The summed E-state index contributed by atoms with van der Waals surface area (Å²) in [5.41, 5.74) is 2.39. The van der Waals surface area contributed by atoms with Crippen LogP contribution in [0, 0.1) is 6.92 Å². The van der Waals surface area contributed by atoms with Gasteiger partial charge in [-0.05, 0) is 31.2 Å². The van der Waals surface area contributed by atoms with Crippen molar-refractivity contribution in [2.45, 2.75) is 13.5 Å². The number of hydrogen-bond donors (Lipinski definition) is 1. The molecule has 7 nitrogen and oxygen atoms in total. The van der Waals surface area contributed by atoms with Crippen molar-refractivity contribution in [2.24, 2.45) is 0 Å². The number of nitrogens with zero attached hydrogens (tertiary/aromatic N) is 3. The van der Waals surface area contributed by atoms with E-state index in [0.717, 1.165) is 23.4 Å². The minimum Gasteiger partial charge on any atom is -0.480 e. The largest absolute Gasteiger partial charge is 0.480 e. The molecule has 0 radical (unpaired) electrons. The number of pyridine rings is 1. The van der Waals surface area contributed by atoms with E-state index in [1.807, 2.05) is 25.1 Å². The van der Waals surface area contributed by atoms with E-state index >= 15 is 0 Å². The molecule has 0 unspecified atom stereocenters. The Morgan fingerprint density at radius 2 is 1.96 bits per heavy atom. The van der Waals surface area contributed by atoms with Gasteiger partial charge in [0.15, 0.2) is 0 Å². The molecule has 0 aliphatic carbocycles. The van der Waals surface area contributed by atoms with Gasteiger partial charge < -0.3 is 19.4 Å². The number of imidazole rings is 1. The average Bonchev–Trinajstić information content (AvgIpc) is 2.96. The zero-order chi connectivity index (χ0) is 17.8. The maximum Gasteiger partial charge on any atom is 0.343 e. The van der Waals surface area contributed by atoms with E-state index in [4.69, 9.17) is 9.47 Å². The third-order valence-electron chi connectivity index (χ3n) is 3.95. The van der Waals surface area contributed by atoms with Crippen molar-refractivity contribution < 1.29 is 14.3 Å². The molecule has 3 rings (SSSR count). The van der Waals surface area contributed by atoms with Crippen LogP contribution in [0.1, 0.15) is 16.2 Å². The molecule has 7 heteroatoms. The normalized spacial score (nSPS) is 10.7. The Labute approximate surface area is 145 Å². The maximum atomic E-state index is 11.7. The number of methoxy groups -OCH3 is 2. The highest BCUT2D eigenvalue weighted by Crippen LogP contribution is 2.19. The summed E-state index contributed by atoms with van der Waals surface area (Å²) < 4.78 is 12.0. The Morgan fingerprint density at radius 1 is 1.16 bits per heavy atom. The summed E-state index contributed by atoms with van der Waals surface area (Å²) in [5, 5.41) is 3.24. The number of ether oxygens (including phenoxy) is 2. The van der Waals surface area contributed by atoms with E-state index in [1.54, 1.807) is 12.1 Å². The minimum absolute atomic E-state index is 0.237. The van der Waals surface area contributed by atoms with Crippen molar-refractivity contribution in [1.82, 2.24) is 14.5 Å². The van der Waals surface area contributed by atoms with E-state index in [-0.39, 0.29) is 5.88 Å². The first-order valence-corrected chi connectivity index (χ1v) is 7.93. The van der Waals surface area contributed by atoms with Crippen LogP contribution in [-0.4, -0.2) is 41.3 Å². The van der Waals surface area contributed by atoms with Gasteiger partial charge in [-0.3, -0.25) is 0 Å². The summed E-state index contributed by atoms with van der Waals surface area (Å²) in [6.45, 7) is 3.40. The molecule has 0 bridgehead atoms. The van der Waals surface area contributed by atoms with Gasteiger partial charge in [0.2, 0.25) is 5.88 Å². The monoisotopic (exact) mass is 340 g/mol. The highest BCUT2D eigenvalue weighted by atomic mass is 16.5. The summed E-state index contributed by atoms with van der Waals surface area (Å²) >= 11 is 0. The second-order valence-corrected chi connectivity index (χ2v) is 5.47. The fourth-order valence-electron chi connectivity index (χ4n) is 2.73. The van der Waals surface area contributed by atoms with Gasteiger partial charge in [0.25, 0.3) is 0 Å². The Balaban J connectivity index is 1.71. The topological polar surface area (TPSA) is 78.3 Å². The standard InChI is InChI=1S/C18H20N4O3/c1-12-20-14-6-4-5-7-15(14)22(12)11-10-19-16-9-8-13(18(23)25-3)17(21-16)24-2/h4-9H,10-11H2,1-3H3,(H,19,21). The quantitative estimate of drug-likeness (QED) is 0.695. The van der Waals surface area contributed by atoms with Crippen LogP contribution < -0.4 is 10.1 Å². The van der Waals surface area contributed by atoms with Gasteiger partial charge in [-0.1, -0.05) is 12.1 Å². The van der Waals surface area contributed by atoms with Crippen LogP contribution in [0.4, 0.5) is 5.82 Å². The van der Waals surface area contributed by atoms with Crippen molar-refractivity contribution in [2.75, 3.05) is 26.1 Å². The first kappa shape index (κ1) is 16.8. The van der Waals surface area contributed by atoms with Crippen LogP contribution in [0.25, 0.3) is 11.0 Å². The fourth-order valence-corrected chi connectivity index (χ4v) is 2.73. The summed E-state index contributed by atoms with van der Waals surface area (Å²) in [5.74, 6) is 1.36. The highest BCUT2D eigenvalue weighted by molar-refractivity contribution is 5.92. The molecule has 25 heavy (non-hydrogen) atoms. The maximum absolute atomic E-state index is 11.7. The molecule has 130 valence electrons. The highest BCUT2D eigenvalue weighted by Gasteiger charge is 2.14. The zero-order valence-corrected chi connectivity index (χ0v) is 14.4. The number of hydrogen-bond acceptors (Lipinski definition) is 6. The number of aromatic nitrogens is 3. The van der Waals surface area contributed by atoms with Gasteiger partial charge in [-0.25, -0.2) is 9.78 Å². The molecule has 1 N–H and O–H groups in total. The Bertz CT molecular complexity index is 904. The molecule has 0 saturated heterocycles. The van der Waals surface area contributed by atoms with Crippen molar-refractivity contribution in [3.05, 3.63) is 47.8 Å². The number of nitrogens with one attached hydrogen (secondary N) is 1. The van der Waals surface area contributed by atoms with Crippen LogP contribution >= 0.6 is 0 Å². The smallest absolute Gasteiger partial charge is 0.343 e. The molecule has 0 spiro atoms. The van der Waals surface area contributed by atoms with E-state index in [0.29, 0.717) is 17.9 Å². The number of para-hydroxylation sites is 2. The molecule has 0 amide bonds. The number of carbonyl (C=O) groups is 1. The summed E-state index contributed by atoms with van der Waals surface area (Å²) in [4.78, 5) is 20.5. The van der Waals surface area contributed by atoms with Crippen molar-refractivity contribution in [3.8, 4) is 5.88 Å². The fraction of sp³-hybridized carbons (Fsp3) is 0.278. The summed E-state index contributed by atoms with van der Waals surface area (Å²) in [6.07, 6.45) is 0. The molecule has 3 aromatic rings. The van der Waals surface area contributed by atoms with E-state index in [1.165, 1.54) is 14.2 Å². The molecule has 0 aliphatic heterocycles. The lowest BCUT2D eigenvalue weighted by molar-refractivity contribution is 0.0596. The summed E-state index contributed by atoms with van der Waals surface area (Å²) in [7, 11) is 2.80. The number of anilines is 1. The minimum atomic E-state index is -0.476. The van der Waals surface area contributed by atoms with E-state index < -0.39 is 5.97 Å². The molecule has 2 aromatic heterocycles. The van der Waals surface area contributed by atoms with Gasteiger partial charge in [0.1, 0.15) is 17.2 Å². The molecule has 0 atom stereocenters. The van der Waals surface area contributed by atoms with Gasteiger partial charge in [-0.15, -0.1) is 0 Å². The molecule has 0 saturated carbocycles. The molecular weight excluding hydrogens is 320 g/mol. The molecule has 0 fully saturated rings. The average molecular weight is 340 g/mol. The number of rotatable bonds is 6. The molecule has 2 heterocycles. The molecule has 0 aliphatic rings. The van der Waals surface area contributed by atoms with Crippen LogP contribution in [-0.2, 0) is 11.3 Å². The SMILES string of the molecule is COC(=O)c1ccc(NCCn2c(C)nc3ccccc32)nc1OC. The lowest BCUT2D eigenvalue weighted by Crippen LogP contribution is -2.13. The van der Waals surface area contributed by atoms with Gasteiger partial charge in [0, 0.05) is 13.1 Å². The van der Waals surface area contributed by atoms with Crippen LogP contribution in [0.15, 0.2) is 36.4 Å². The van der Waals surface area contributed by atoms with E-state index in [2.05, 4.69) is 25.9 Å². The third kappa shape index (κ3) is 3.40. The van der Waals surface area contributed by atoms with Gasteiger partial charge >= 0.3 is 5.97 Å². The molecule has 1 aromatic carbocycles. The van der Waals surface area contributed by atoms with Crippen molar-refractivity contribution >= 4 is 22.8 Å². The van der Waals surface area contributed by atoms with Crippen LogP contribution in [0.5, 0.6) is 5.88 Å². The predicted octanol–water partition coefficient (Wildman–Crippen LogP) is 2.65. The Hall–Kier alpha value is -3.09. The van der Waals surface area contributed by atoms with Crippen LogP contribution in [0.2, 0.25) is 0 Å². The lowest BCUT2D eigenvalue weighted by atomic mass is 10.2. The van der Waals surface area contributed by atoms with E-state index in [9.17, 15) is 4.79 Å². The zero-order valence-electron chi connectivity index (χ0n) is 14.4. The first-order valence-electron chi connectivity index (χ1n) is 7.93. The predicted molar refractivity (Wildman–Crippen MR) is 95.1 cm³/mol. The number of esters is 1. The van der Waals surface area contributed by atoms with Gasteiger partial charge in [0.05, 0.1) is 25.3 Å². The summed E-state index contributed by atoms with van der Waals surface area (Å²) in [6, 6.07) is 11.4.